The van der Waals surface area contributed by atoms with Crippen LogP contribution in [-0.4, -0.2) is 35.7 Å². The summed E-state index contributed by atoms with van der Waals surface area (Å²) in [6.45, 7) is 7.29. The van der Waals surface area contributed by atoms with E-state index in [2.05, 4.69) is 5.32 Å². The molecule has 1 saturated heterocycles. The summed E-state index contributed by atoms with van der Waals surface area (Å²) >= 11 is 12.0. The molecule has 0 bridgehead atoms. The molecule has 2 aliphatic rings. The van der Waals surface area contributed by atoms with Crippen molar-refractivity contribution in [2.75, 3.05) is 18.4 Å². The first-order valence-corrected chi connectivity index (χ1v) is 9.61. The highest BCUT2D eigenvalue weighted by Gasteiger charge is 2.46. The van der Waals surface area contributed by atoms with Crippen LogP contribution in [0.1, 0.15) is 46.5 Å². The number of carbonyl (C=O) groups is 1. The van der Waals surface area contributed by atoms with E-state index in [1.165, 1.54) is 0 Å². The summed E-state index contributed by atoms with van der Waals surface area (Å²) in [5, 5.41) is 4.69. The standard InChI is InChI=1S/C19H26Cl2N2O2/c1-18(2,3)25-17(24)23-8-6-19(7-9-23)11-14(12-19)22-13-4-5-15(20)16(21)10-13/h4-5,10,14,22H,6-9,11-12H2,1-3H3. The number of hydrogen-bond donors (Lipinski definition) is 1. The van der Waals surface area contributed by atoms with Gasteiger partial charge in [-0.2, -0.15) is 0 Å². The lowest BCUT2D eigenvalue weighted by Crippen LogP contribution is -2.53. The third-order valence-corrected chi connectivity index (χ3v) is 5.86. The highest BCUT2D eigenvalue weighted by Crippen LogP contribution is 2.50. The third-order valence-electron chi connectivity index (χ3n) is 5.13. The minimum absolute atomic E-state index is 0.188. The van der Waals surface area contributed by atoms with Gasteiger partial charge in [-0.25, -0.2) is 4.79 Å². The van der Waals surface area contributed by atoms with E-state index in [-0.39, 0.29) is 6.09 Å². The first kappa shape index (κ1) is 18.7. The number of nitrogens with zero attached hydrogens (tertiary/aromatic N) is 1. The topological polar surface area (TPSA) is 41.6 Å². The van der Waals surface area contributed by atoms with E-state index in [9.17, 15) is 4.79 Å². The molecule has 1 aliphatic heterocycles. The Bertz CT molecular complexity index is 641. The van der Waals surface area contributed by atoms with E-state index < -0.39 is 5.60 Å². The Labute approximate surface area is 159 Å². The molecule has 1 aromatic carbocycles. The molecule has 0 aromatic heterocycles. The second-order valence-electron chi connectivity index (χ2n) is 8.35. The van der Waals surface area contributed by atoms with Crippen molar-refractivity contribution in [3.63, 3.8) is 0 Å². The van der Waals surface area contributed by atoms with Gasteiger partial charge in [0, 0.05) is 24.8 Å². The van der Waals surface area contributed by atoms with E-state index in [0.29, 0.717) is 21.5 Å². The zero-order valence-electron chi connectivity index (χ0n) is 15.1. The molecule has 1 N–H and O–H groups in total. The SMILES string of the molecule is CC(C)(C)OC(=O)N1CCC2(CC1)CC(Nc1ccc(Cl)c(Cl)c1)C2. The van der Waals surface area contributed by atoms with Crippen LogP contribution in [0.15, 0.2) is 18.2 Å². The molecule has 138 valence electrons. The number of piperidine rings is 1. The number of anilines is 1. The number of benzene rings is 1. The minimum Gasteiger partial charge on any atom is -0.444 e. The van der Waals surface area contributed by atoms with Crippen molar-refractivity contribution in [1.82, 2.24) is 4.90 Å². The van der Waals surface area contributed by atoms with E-state index >= 15 is 0 Å². The number of nitrogens with one attached hydrogen (secondary N) is 1. The Morgan fingerprint density at radius 2 is 1.84 bits per heavy atom. The summed E-state index contributed by atoms with van der Waals surface area (Å²) in [6.07, 6.45) is 4.18. The molecule has 1 heterocycles. The zero-order valence-corrected chi connectivity index (χ0v) is 16.6. The molecule has 4 nitrogen and oxygen atoms in total. The lowest BCUT2D eigenvalue weighted by atomic mass is 9.60. The maximum absolute atomic E-state index is 12.2. The number of amides is 1. The molecule has 1 aromatic rings. The Morgan fingerprint density at radius 3 is 2.40 bits per heavy atom. The van der Waals surface area contributed by atoms with Gasteiger partial charge in [0.2, 0.25) is 0 Å². The van der Waals surface area contributed by atoms with Crippen molar-refractivity contribution in [1.29, 1.82) is 0 Å². The summed E-state index contributed by atoms with van der Waals surface area (Å²) in [5.74, 6) is 0. The molecule has 0 atom stereocenters. The molecule has 3 rings (SSSR count). The fraction of sp³-hybridized carbons (Fsp3) is 0.632. The number of ether oxygens (including phenoxy) is 1. The second kappa shape index (κ2) is 6.88. The molecule has 25 heavy (non-hydrogen) atoms. The van der Waals surface area contributed by atoms with E-state index in [1.807, 2.05) is 43.9 Å². The molecular weight excluding hydrogens is 359 g/mol. The highest BCUT2D eigenvalue weighted by atomic mass is 35.5. The summed E-state index contributed by atoms with van der Waals surface area (Å²) < 4.78 is 5.47. The van der Waals surface area contributed by atoms with Crippen molar-refractivity contribution >= 4 is 35.0 Å². The van der Waals surface area contributed by atoms with Gasteiger partial charge in [-0.15, -0.1) is 0 Å². The van der Waals surface area contributed by atoms with Crippen molar-refractivity contribution in [2.45, 2.75) is 58.1 Å². The predicted octanol–water partition coefficient (Wildman–Crippen LogP) is 5.59. The van der Waals surface area contributed by atoms with Gasteiger partial charge in [-0.3, -0.25) is 0 Å². The first-order chi connectivity index (χ1) is 11.7. The van der Waals surface area contributed by atoms with Crippen molar-refractivity contribution < 1.29 is 9.53 Å². The maximum atomic E-state index is 12.2. The van der Waals surface area contributed by atoms with Crippen molar-refractivity contribution in [2.24, 2.45) is 5.41 Å². The molecule has 1 amide bonds. The number of rotatable bonds is 2. The zero-order chi connectivity index (χ0) is 18.2. The summed E-state index contributed by atoms with van der Waals surface area (Å²) in [6, 6.07) is 6.12. The molecular formula is C19H26Cl2N2O2. The number of hydrogen-bond acceptors (Lipinski definition) is 3. The lowest BCUT2D eigenvalue weighted by molar-refractivity contribution is -0.00859. The predicted molar refractivity (Wildman–Crippen MR) is 103 cm³/mol. The number of carbonyl (C=O) groups excluding carboxylic acids is 1. The van der Waals surface area contributed by atoms with Gasteiger partial charge in [0.15, 0.2) is 0 Å². The fourth-order valence-corrected chi connectivity index (χ4v) is 4.11. The monoisotopic (exact) mass is 384 g/mol. The Kier molecular flexibility index (Phi) is 5.13. The largest absolute Gasteiger partial charge is 0.444 e. The van der Waals surface area contributed by atoms with Crippen molar-refractivity contribution in [3.8, 4) is 0 Å². The van der Waals surface area contributed by atoms with Crippen molar-refractivity contribution in [3.05, 3.63) is 28.2 Å². The average molecular weight is 385 g/mol. The summed E-state index contributed by atoms with van der Waals surface area (Å²) in [5.41, 5.74) is 0.949. The van der Waals surface area contributed by atoms with E-state index in [1.54, 1.807) is 0 Å². The number of halogens is 2. The first-order valence-electron chi connectivity index (χ1n) is 8.85. The minimum atomic E-state index is -0.433. The van der Waals surface area contributed by atoms with Gasteiger partial charge in [0.05, 0.1) is 10.0 Å². The third kappa shape index (κ3) is 4.53. The second-order valence-corrected chi connectivity index (χ2v) is 9.16. The van der Waals surface area contributed by atoms with Gasteiger partial charge < -0.3 is 15.0 Å². The Hall–Kier alpha value is -1.13. The van der Waals surface area contributed by atoms with Gasteiger partial charge in [0.1, 0.15) is 5.60 Å². The van der Waals surface area contributed by atoms with Crippen LogP contribution in [0.3, 0.4) is 0 Å². The molecule has 6 heteroatoms. The van der Waals surface area contributed by atoms with Crippen LogP contribution in [0, 0.1) is 5.41 Å². The van der Waals surface area contributed by atoms with Gasteiger partial charge in [-0.1, -0.05) is 23.2 Å². The van der Waals surface area contributed by atoms with Crippen LogP contribution in [-0.2, 0) is 4.74 Å². The van der Waals surface area contributed by atoms with Gasteiger partial charge >= 0.3 is 6.09 Å². The van der Waals surface area contributed by atoms with E-state index in [4.69, 9.17) is 27.9 Å². The quantitative estimate of drug-likeness (QED) is 0.722. The molecule has 2 fully saturated rings. The van der Waals surface area contributed by atoms with Gasteiger partial charge in [-0.05, 0) is 70.1 Å². The molecule has 1 spiro atoms. The average Bonchev–Trinajstić information content (AvgIpc) is 2.48. The lowest BCUT2D eigenvalue weighted by Gasteiger charge is -2.52. The van der Waals surface area contributed by atoms with Crippen LogP contribution in [0.25, 0.3) is 0 Å². The summed E-state index contributed by atoms with van der Waals surface area (Å²) in [7, 11) is 0. The maximum Gasteiger partial charge on any atom is 0.410 e. The number of likely N-dealkylation sites (tertiary alicyclic amines) is 1. The van der Waals surface area contributed by atoms with Gasteiger partial charge in [0.25, 0.3) is 0 Å². The Morgan fingerprint density at radius 1 is 1.20 bits per heavy atom. The highest BCUT2D eigenvalue weighted by molar-refractivity contribution is 6.42. The van der Waals surface area contributed by atoms with Crippen LogP contribution >= 0.6 is 23.2 Å². The summed E-state index contributed by atoms with van der Waals surface area (Å²) in [4.78, 5) is 14.0. The molecule has 1 saturated carbocycles. The Balaban J connectivity index is 1.46. The fourth-order valence-electron chi connectivity index (χ4n) is 3.81. The van der Waals surface area contributed by atoms with E-state index in [0.717, 1.165) is 44.5 Å². The molecule has 0 radical (unpaired) electrons. The molecule has 0 unspecified atom stereocenters. The van der Waals surface area contributed by atoms with Crippen LogP contribution in [0.5, 0.6) is 0 Å². The normalized spacial score (nSPS) is 20.3. The van der Waals surface area contributed by atoms with Crippen LogP contribution in [0.4, 0.5) is 10.5 Å². The van der Waals surface area contributed by atoms with Crippen LogP contribution < -0.4 is 5.32 Å². The smallest absolute Gasteiger partial charge is 0.410 e. The van der Waals surface area contributed by atoms with Crippen LogP contribution in [0.2, 0.25) is 10.0 Å². The molecule has 1 aliphatic carbocycles.